The van der Waals surface area contributed by atoms with Crippen molar-refractivity contribution in [2.45, 2.75) is 52.2 Å². The summed E-state index contributed by atoms with van der Waals surface area (Å²) in [5.41, 5.74) is 4.05. The number of nitrogens with one attached hydrogen (secondary N) is 2. The Morgan fingerprint density at radius 1 is 1.38 bits per heavy atom. The van der Waals surface area contributed by atoms with Crippen molar-refractivity contribution >= 4 is 5.91 Å². The lowest BCUT2D eigenvalue weighted by Crippen LogP contribution is -2.51. The highest BCUT2D eigenvalue weighted by Crippen LogP contribution is 2.18. The second-order valence-corrected chi connectivity index (χ2v) is 6.75. The molecule has 140 valence electrons. The van der Waals surface area contributed by atoms with E-state index in [2.05, 4.69) is 20.5 Å². The average Bonchev–Trinajstić information content (AvgIpc) is 2.95. The van der Waals surface area contributed by atoms with Crippen molar-refractivity contribution in [1.29, 1.82) is 0 Å². The number of H-pyrrole nitrogens is 1. The van der Waals surface area contributed by atoms with Crippen molar-refractivity contribution in [2.24, 2.45) is 0 Å². The number of ether oxygens (including phenoxy) is 2. The van der Waals surface area contributed by atoms with Crippen LogP contribution in [0.5, 0.6) is 5.75 Å². The SMILES string of the molecule is Cc1ccc(O[C@H]2COCC[C@H]2NC(=O)CCc2n[nH]c(C)c2C)cn1. The molecule has 0 radical (unpaired) electrons. The number of pyridine rings is 1. The van der Waals surface area contributed by atoms with E-state index in [1.165, 1.54) is 0 Å². The van der Waals surface area contributed by atoms with Crippen molar-refractivity contribution < 1.29 is 14.3 Å². The molecule has 7 heteroatoms. The minimum atomic E-state index is -0.216. The molecule has 1 fully saturated rings. The molecule has 0 aliphatic carbocycles. The maximum absolute atomic E-state index is 12.4. The standard InChI is InChI=1S/C19H26N4O3/c1-12-4-5-15(10-20-12)26-18-11-25-9-8-17(18)21-19(24)7-6-16-13(2)14(3)22-23-16/h4-5,10,17-18H,6-9,11H2,1-3H3,(H,21,24)(H,22,23)/t17-,18+/m1/s1. The predicted molar refractivity (Wildman–Crippen MR) is 97.1 cm³/mol. The van der Waals surface area contributed by atoms with E-state index in [1.54, 1.807) is 6.20 Å². The Morgan fingerprint density at radius 3 is 2.92 bits per heavy atom. The smallest absolute Gasteiger partial charge is 0.220 e. The van der Waals surface area contributed by atoms with Crippen molar-refractivity contribution in [3.05, 3.63) is 41.0 Å². The van der Waals surface area contributed by atoms with Crippen LogP contribution < -0.4 is 10.1 Å². The van der Waals surface area contributed by atoms with Crippen molar-refractivity contribution in [3.63, 3.8) is 0 Å². The van der Waals surface area contributed by atoms with Crippen LogP contribution in [0.3, 0.4) is 0 Å². The number of carbonyl (C=O) groups is 1. The van der Waals surface area contributed by atoms with Crippen LogP contribution in [-0.2, 0) is 16.0 Å². The number of nitrogens with zero attached hydrogens (tertiary/aromatic N) is 2. The lowest BCUT2D eigenvalue weighted by molar-refractivity contribution is -0.123. The molecule has 2 N–H and O–H groups in total. The van der Waals surface area contributed by atoms with Gasteiger partial charge in [0.2, 0.25) is 5.91 Å². The summed E-state index contributed by atoms with van der Waals surface area (Å²) in [6.07, 6.45) is 3.24. The van der Waals surface area contributed by atoms with Crippen molar-refractivity contribution in [1.82, 2.24) is 20.5 Å². The van der Waals surface area contributed by atoms with E-state index in [0.29, 0.717) is 31.8 Å². The van der Waals surface area contributed by atoms with Crippen LogP contribution in [0.25, 0.3) is 0 Å². The van der Waals surface area contributed by atoms with E-state index in [-0.39, 0.29) is 18.1 Å². The molecule has 3 heterocycles. The molecule has 1 aliphatic heterocycles. The predicted octanol–water partition coefficient (Wildman–Crippen LogP) is 2.02. The second kappa shape index (κ2) is 8.31. The third-order valence-electron chi connectivity index (χ3n) is 4.76. The van der Waals surface area contributed by atoms with Gasteiger partial charge in [-0.1, -0.05) is 0 Å². The van der Waals surface area contributed by atoms with Gasteiger partial charge in [-0.2, -0.15) is 5.10 Å². The Kier molecular flexibility index (Phi) is 5.88. The first-order chi connectivity index (χ1) is 12.5. The maximum atomic E-state index is 12.4. The van der Waals surface area contributed by atoms with E-state index >= 15 is 0 Å². The van der Waals surface area contributed by atoms with Gasteiger partial charge in [-0.25, -0.2) is 0 Å². The summed E-state index contributed by atoms with van der Waals surface area (Å²) in [4.78, 5) is 16.6. The molecule has 0 aromatic carbocycles. The third-order valence-corrected chi connectivity index (χ3v) is 4.76. The van der Waals surface area contributed by atoms with Gasteiger partial charge in [0.05, 0.1) is 24.5 Å². The number of hydrogen-bond donors (Lipinski definition) is 2. The van der Waals surface area contributed by atoms with Crippen LogP contribution in [0, 0.1) is 20.8 Å². The molecule has 2 aromatic rings. The number of aryl methyl sites for hydroxylation is 3. The molecule has 1 saturated heterocycles. The van der Waals surface area contributed by atoms with Gasteiger partial charge < -0.3 is 14.8 Å². The van der Waals surface area contributed by atoms with E-state index in [4.69, 9.17) is 9.47 Å². The van der Waals surface area contributed by atoms with Crippen molar-refractivity contribution in [2.75, 3.05) is 13.2 Å². The number of carbonyl (C=O) groups excluding carboxylic acids is 1. The number of rotatable bonds is 6. The number of aromatic amines is 1. The first-order valence-corrected chi connectivity index (χ1v) is 9.00. The van der Waals surface area contributed by atoms with E-state index in [9.17, 15) is 4.79 Å². The lowest BCUT2D eigenvalue weighted by Gasteiger charge is -2.32. The molecule has 1 aliphatic rings. The fraction of sp³-hybridized carbons (Fsp3) is 0.526. The van der Waals surface area contributed by atoms with Crippen LogP contribution in [-0.4, -0.2) is 46.4 Å². The molecule has 0 spiro atoms. The molecular formula is C19H26N4O3. The molecule has 2 atom stereocenters. The van der Waals surface area contributed by atoms with Gasteiger partial charge in [-0.15, -0.1) is 0 Å². The first kappa shape index (κ1) is 18.4. The Balaban J connectivity index is 1.54. The first-order valence-electron chi connectivity index (χ1n) is 9.00. The van der Waals surface area contributed by atoms with Gasteiger partial charge in [0, 0.05) is 30.8 Å². The third kappa shape index (κ3) is 4.60. The molecule has 7 nitrogen and oxygen atoms in total. The fourth-order valence-electron chi connectivity index (χ4n) is 2.98. The largest absolute Gasteiger partial charge is 0.484 e. The molecule has 0 unspecified atom stereocenters. The highest BCUT2D eigenvalue weighted by atomic mass is 16.5. The van der Waals surface area contributed by atoms with Crippen LogP contribution in [0.1, 0.15) is 35.5 Å². The molecule has 3 rings (SSSR count). The topological polar surface area (TPSA) is 89.1 Å². The number of aromatic nitrogens is 3. The zero-order valence-electron chi connectivity index (χ0n) is 15.5. The van der Waals surface area contributed by atoms with Crippen LogP contribution >= 0.6 is 0 Å². The summed E-state index contributed by atoms with van der Waals surface area (Å²) in [5.74, 6) is 0.695. The molecule has 0 bridgehead atoms. The summed E-state index contributed by atoms with van der Waals surface area (Å²) < 4.78 is 11.5. The molecule has 0 saturated carbocycles. The molecule has 1 amide bonds. The highest BCUT2D eigenvalue weighted by Gasteiger charge is 2.29. The van der Waals surface area contributed by atoms with E-state index in [0.717, 1.165) is 29.1 Å². The monoisotopic (exact) mass is 358 g/mol. The maximum Gasteiger partial charge on any atom is 0.220 e. The van der Waals surface area contributed by atoms with E-state index < -0.39 is 0 Å². The van der Waals surface area contributed by atoms with Crippen LogP contribution in [0.4, 0.5) is 0 Å². The number of hydrogen-bond acceptors (Lipinski definition) is 5. The Hall–Kier alpha value is -2.41. The van der Waals surface area contributed by atoms with Crippen LogP contribution in [0.15, 0.2) is 18.3 Å². The minimum Gasteiger partial charge on any atom is -0.484 e. The van der Waals surface area contributed by atoms with Gasteiger partial charge in [0.15, 0.2) is 0 Å². The van der Waals surface area contributed by atoms with Gasteiger partial charge in [0.25, 0.3) is 0 Å². The van der Waals surface area contributed by atoms with Crippen LogP contribution in [0.2, 0.25) is 0 Å². The average molecular weight is 358 g/mol. The quantitative estimate of drug-likeness (QED) is 0.825. The highest BCUT2D eigenvalue weighted by molar-refractivity contribution is 5.76. The summed E-state index contributed by atoms with van der Waals surface area (Å²) in [5, 5.41) is 10.3. The zero-order valence-corrected chi connectivity index (χ0v) is 15.5. The molecular weight excluding hydrogens is 332 g/mol. The lowest BCUT2D eigenvalue weighted by atomic mass is 10.0. The summed E-state index contributed by atoms with van der Waals surface area (Å²) in [6.45, 7) is 7.00. The second-order valence-electron chi connectivity index (χ2n) is 6.75. The fourth-order valence-corrected chi connectivity index (χ4v) is 2.98. The molecule has 2 aromatic heterocycles. The summed E-state index contributed by atoms with van der Waals surface area (Å²) in [6, 6.07) is 3.72. The Bertz CT molecular complexity index is 742. The number of amides is 1. The van der Waals surface area contributed by atoms with Crippen molar-refractivity contribution in [3.8, 4) is 5.75 Å². The summed E-state index contributed by atoms with van der Waals surface area (Å²) in [7, 11) is 0. The minimum absolute atomic E-state index is 0.00702. The summed E-state index contributed by atoms with van der Waals surface area (Å²) >= 11 is 0. The molecule has 26 heavy (non-hydrogen) atoms. The Morgan fingerprint density at radius 2 is 2.23 bits per heavy atom. The van der Waals surface area contributed by atoms with Gasteiger partial charge >= 0.3 is 0 Å². The zero-order chi connectivity index (χ0) is 18.5. The van der Waals surface area contributed by atoms with E-state index in [1.807, 2.05) is 32.9 Å². The van der Waals surface area contributed by atoms with Gasteiger partial charge in [-0.3, -0.25) is 14.9 Å². The van der Waals surface area contributed by atoms with Gasteiger partial charge in [0.1, 0.15) is 11.9 Å². The normalized spacial score (nSPS) is 20.0. The van der Waals surface area contributed by atoms with Gasteiger partial charge in [-0.05, 0) is 44.9 Å². The Labute approximate surface area is 153 Å².